The molecule has 0 radical (unpaired) electrons. The highest BCUT2D eigenvalue weighted by Gasteiger charge is 2.30. The van der Waals surface area contributed by atoms with E-state index in [4.69, 9.17) is 21.8 Å². The lowest BCUT2D eigenvalue weighted by molar-refractivity contribution is -0.146. The van der Waals surface area contributed by atoms with E-state index in [9.17, 15) is 13.6 Å². The molecule has 6 heteroatoms. The summed E-state index contributed by atoms with van der Waals surface area (Å²) in [6.45, 7) is 2.76. The monoisotopic (exact) mass is 264 g/mol. The highest BCUT2D eigenvalue weighted by molar-refractivity contribution is 6.32. The van der Waals surface area contributed by atoms with E-state index >= 15 is 0 Å². The summed E-state index contributed by atoms with van der Waals surface area (Å²) in [4.78, 5) is 10.9. The van der Waals surface area contributed by atoms with Crippen molar-refractivity contribution in [1.29, 1.82) is 0 Å². The van der Waals surface area contributed by atoms with E-state index in [0.717, 1.165) is 6.07 Å². The first-order chi connectivity index (χ1) is 7.66. The molecule has 17 heavy (non-hydrogen) atoms. The van der Waals surface area contributed by atoms with Crippen molar-refractivity contribution in [2.24, 2.45) is 5.41 Å². The SMILES string of the molecule is CC(C)(Cc1cc(Cl)c(O)c(F)c1F)C(=O)O. The summed E-state index contributed by atoms with van der Waals surface area (Å²) in [6.07, 6.45) is -0.231. The molecule has 2 N–H and O–H groups in total. The van der Waals surface area contributed by atoms with Crippen LogP contribution in [0.4, 0.5) is 8.78 Å². The van der Waals surface area contributed by atoms with Crippen molar-refractivity contribution in [3.8, 4) is 5.75 Å². The van der Waals surface area contributed by atoms with Crippen LogP contribution < -0.4 is 0 Å². The molecule has 0 unspecified atom stereocenters. The van der Waals surface area contributed by atoms with Crippen LogP contribution in [0.3, 0.4) is 0 Å². The second kappa shape index (κ2) is 4.49. The van der Waals surface area contributed by atoms with E-state index in [1.54, 1.807) is 0 Å². The Hall–Kier alpha value is -1.36. The van der Waals surface area contributed by atoms with Crippen LogP contribution in [0.2, 0.25) is 5.02 Å². The van der Waals surface area contributed by atoms with Crippen molar-refractivity contribution in [3.05, 3.63) is 28.3 Å². The number of halogens is 3. The maximum absolute atomic E-state index is 13.4. The molecule has 0 aromatic heterocycles. The number of carbonyl (C=O) groups is 1. The number of hydrogen-bond donors (Lipinski definition) is 2. The molecule has 0 heterocycles. The minimum atomic E-state index is -1.46. The average Bonchev–Trinajstić information content (AvgIpc) is 2.22. The smallest absolute Gasteiger partial charge is 0.309 e. The summed E-state index contributed by atoms with van der Waals surface area (Å²) in [5.74, 6) is -4.85. The first-order valence-corrected chi connectivity index (χ1v) is 5.13. The Labute approximate surface area is 102 Å². The van der Waals surface area contributed by atoms with Gasteiger partial charge in [0.05, 0.1) is 10.4 Å². The number of rotatable bonds is 3. The van der Waals surface area contributed by atoms with Gasteiger partial charge in [0, 0.05) is 0 Å². The molecule has 3 nitrogen and oxygen atoms in total. The first-order valence-electron chi connectivity index (χ1n) is 4.75. The topological polar surface area (TPSA) is 57.5 Å². The lowest BCUT2D eigenvalue weighted by atomic mass is 9.85. The number of hydrogen-bond acceptors (Lipinski definition) is 2. The molecule has 0 atom stereocenters. The third-order valence-corrected chi connectivity index (χ3v) is 2.71. The van der Waals surface area contributed by atoms with Crippen LogP contribution in [0.1, 0.15) is 19.4 Å². The Balaban J connectivity index is 3.21. The molecule has 0 saturated heterocycles. The zero-order valence-electron chi connectivity index (χ0n) is 9.22. The molecule has 0 spiro atoms. The van der Waals surface area contributed by atoms with Gasteiger partial charge in [-0.05, 0) is 31.9 Å². The Morgan fingerprint density at radius 2 is 1.94 bits per heavy atom. The standard InChI is InChI=1S/C11H11ClF2O3/c1-11(2,10(16)17)4-5-3-6(12)9(15)8(14)7(5)13/h3,15H,4H2,1-2H3,(H,16,17). The Morgan fingerprint density at radius 3 is 2.41 bits per heavy atom. The fourth-order valence-corrected chi connectivity index (χ4v) is 1.53. The zero-order valence-corrected chi connectivity index (χ0v) is 9.98. The maximum Gasteiger partial charge on any atom is 0.309 e. The van der Waals surface area contributed by atoms with Crippen LogP contribution in [0, 0.1) is 17.0 Å². The van der Waals surface area contributed by atoms with E-state index in [1.807, 2.05) is 0 Å². The van der Waals surface area contributed by atoms with Gasteiger partial charge in [0.15, 0.2) is 11.6 Å². The van der Waals surface area contributed by atoms with Gasteiger partial charge >= 0.3 is 5.97 Å². The molecular formula is C11H11ClF2O3. The minimum absolute atomic E-state index is 0.183. The molecule has 1 aromatic rings. The lowest BCUT2D eigenvalue weighted by Gasteiger charge is -2.19. The molecule has 1 rings (SSSR count). The molecule has 1 aromatic carbocycles. The highest BCUT2D eigenvalue weighted by Crippen LogP contribution is 2.33. The number of aromatic hydroxyl groups is 1. The van der Waals surface area contributed by atoms with Crippen LogP contribution >= 0.6 is 11.6 Å². The molecule has 0 saturated carbocycles. The van der Waals surface area contributed by atoms with Gasteiger partial charge in [-0.2, -0.15) is 4.39 Å². The van der Waals surface area contributed by atoms with Gasteiger partial charge in [-0.25, -0.2) is 4.39 Å². The highest BCUT2D eigenvalue weighted by atomic mass is 35.5. The zero-order chi connectivity index (χ0) is 13.4. The average molecular weight is 265 g/mol. The molecule has 0 aliphatic heterocycles. The van der Waals surface area contributed by atoms with E-state index in [2.05, 4.69) is 0 Å². The fourth-order valence-electron chi connectivity index (χ4n) is 1.31. The van der Waals surface area contributed by atoms with E-state index in [-0.39, 0.29) is 17.0 Å². The van der Waals surface area contributed by atoms with Crippen molar-refractivity contribution >= 4 is 17.6 Å². The molecule has 0 aliphatic rings. The Bertz CT molecular complexity index is 472. The largest absolute Gasteiger partial charge is 0.504 e. The van der Waals surface area contributed by atoms with Crippen LogP contribution in [0.15, 0.2) is 6.07 Å². The Morgan fingerprint density at radius 1 is 1.41 bits per heavy atom. The molecule has 0 fully saturated rings. The quantitative estimate of drug-likeness (QED) is 0.825. The van der Waals surface area contributed by atoms with Gasteiger partial charge in [-0.3, -0.25) is 4.79 Å². The number of phenolic OH excluding ortho intramolecular Hbond substituents is 1. The maximum atomic E-state index is 13.4. The lowest BCUT2D eigenvalue weighted by Crippen LogP contribution is -2.26. The Kier molecular flexibility index (Phi) is 3.62. The van der Waals surface area contributed by atoms with Crippen molar-refractivity contribution in [2.45, 2.75) is 20.3 Å². The summed E-state index contributed by atoms with van der Waals surface area (Å²) in [6, 6.07) is 1.03. The third kappa shape index (κ3) is 2.66. The van der Waals surface area contributed by atoms with E-state index < -0.39 is 28.8 Å². The summed E-state index contributed by atoms with van der Waals surface area (Å²) in [7, 11) is 0. The minimum Gasteiger partial charge on any atom is -0.504 e. The summed E-state index contributed by atoms with van der Waals surface area (Å²) in [5.41, 5.74) is -1.44. The second-order valence-electron chi connectivity index (χ2n) is 4.36. The van der Waals surface area contributed by atoms with Crippen molar-refractivity contribution in [2.75, 3.05) is 0 Å². The summed E-state index contributed by atoms with van der Waals surface area (Å²) < 4.78 is 26.6. The number of carboxylic acids is 1. The van der Waals surface area contributed by atoms with Crippen LogP contribution in [-0.2, 0) is 11.2 Å². The van der Waals surface area contributed by atoms with Crippen molar-refractivity contribution < 1.29 is 23.8 Å². The summed E-state index contributed by atoms with van der Waals surface area (Å²) >= 11 is 5.50. The van der Waals surface area contributed by atoms with Crippen LogP contribution in [0.25, 0.3) is 0 Å². The summed E-state index contributed by atoms with van der Waals surface area (Å²) in [5, 5.41) is 17.6. The van der Waals surface area contributed by atoms with Crippen LogP contribution in [0.5, 0.6) is 5.75 Å². The van der Waals surface area contributed by atoms with Gasteiger partial charge in [0.1, 0.15) is 0 Å². The van der Waals surface area contributed by atoms with Gasteiger partial charge < -0.3 is 10.2 Å². The predicted octanol–water partition coefficient (Wildman–Crippen LogP) is 2.98. The normalized spacial score (nSPS) is 11.6. The molecular weight excluding hydrogens is 254 g/mol. The fraction of sp³-hybridized carbons (Fsp3) is 0.364. The van der Waals surface area contributed by atoms with E-state index in [0.29, 0.717) is 0 Å². The molecule has 0 amide bonds. The third-order valence-electron chi connectivity index (χ3n) is 2.42. The predicted molar refractivity (Wildman–Crippen MR) is 58.2 cm³/mol. The van der Waals surface area contributed by atoms with Crippen molar-refractivity contribution in [1.82, 2.24) is 0 Å². The van der Waals surface area contributed by atoms with Gasteiger partial charge in [0.25, 0.3) is 0 Å². The number of phenols is 1. The van der Waals surface area contributed by atoms with Crippen molar-refractivity contribution in [3.63, 3.8) is 0 Å². The van der Waals surface area contributed by atoms with E-state index in [1.165, 1.54) is 13.8 Å². The van der Waals surface area contributed by atoms with Gasteiger partial charge in [-0.15, -0.1) is 0 Å². The van der Waals surface area contributed by atoms with Gasteiger partial charge in [0.2, 0.25) is 5.82 Å². The molecule has 94 valence electrons. The first kappa shape index (κ1) is 13.7. The second-order valence-corrected chi connectivity index (χ2v) is 4.77. The number of benzene rings is 1. The number of carboxylic acid groups (broad SMARTS) is 1. The van der Waals surface area contributed by atoms with Crippen LogP contribution in [-0.4, -0.2) is 16.2 Å². The number of aliphatic carboxylic acids is 1. The van der Waals surface area contributed by atoms with Gasteiger partial charge in [-0.1, -0.05) is 11.6 Å². The molecule has 0 bridgehead atoms. The molecule has 0 aliphatic carbocycles.